The summed E-state index contributed by atoms with van der Waals surface area (Å²) in [5.74, 6) is 0. The van der Waals surface area contributed by atoms with Gasteiger partial charge in [0.15, 0.2) is 0 Å². The van der Waals surface area contributed by atoms with Gasteiger partial charge in [0.05, 0.1) is 6.33 Å². The summed E-state index contributed by atoms with van der Waals surface area (Å²) in [4.78, 5) is 4.00. The van der Waals surface area contributed by atoms with Crippen LogP contribution in [-0.4, -0.2) is 15.6 Å². The van der Waals surface area contributed by atoms with Gasteiger partial charge in [0.2, 0.25) is 0 Å². The van der Waals surface area contributed by atoms with E-state index in [-0.39, 0.29) is 0 Å². The van der Waals surface area contributed by atoms with Crippen LogP contribution in [0.2, 0.25) is 0 Å². The van der Waals surface area contributed by atoms with E-state index in [0.717, 1.165) is 19.4 Å². The van der Waals surface area contributed by atoms with E-state index in [1.807, 2.05) is 18.7 Å². The molecule has 2 N–H and O–H groups in total. The molecule has 14 heavy (non-hydrogen) atoms. The maximum absolute atomic E-state index is 6.00. The highest BCUT2D eigenvalue weighted by Gasteiger charge is 2.01. The second-order valence-corrected chi connectivity index (χ2v) is 3.85. The summed E-state index contributed by atoms with van der Waals surface area (Å²) in [7, 11) is 0. The van der Waals surface area contributed by atoms with Crippen LogP contribution in [-0.2, 0) is 6.54 Å². The Morgan fingerprint density at radius 3 is 2.86 bits per heavy atom. The molecule has 1 aromatic heterocycles. The molecule has 0 bridgehead atoms. The SMILES string of the molecule is CCCCCC(N)CCn1ccnc1. The molecule has 0 radical (unpaired) electrons. The second-order valence-electron chi connectivity index (χ2n) is 3.85. The molecule has 0 spiro atoms. The number of imidazole rings is 1. The van der Waals surface area contributed by atoms with E-state index >= 15 is 0 Å². The van der Waals surface area contributed by atoms with Crippen LogP contribution in [0, 0.1) is 0 Å². The van der Waals surface area contributed by atoms with Gasteiger partial charge in [-0.1, -0.05) is 26.2 Å². The minimum absolute atomic E-state index is 0.351. The van der Waals surface area contributed by atoms with Gasteiger partial charge < -0.3 is 10.3 Å². The summed E-state index contributed by atoms with van der Waals surface area (Å²) >= 11 is 0. The molecule has 0 fully saturated rings. The van der Waals surface area contributed by atoms with Crippen LogP contribution in [0.5, 0.6) is 0 Å². The van der Waals surface area contributed by atoms with Crippen LogP contribution in [0.1, 0.15) is 39.0 Å². The zero-order chi connectivity index (χ0) is 10.2. The van der Waals surface area contributed by atoms with E-state index in [2.05, 4.69) is 16.5 Å². The topological polar surface area (TPSA) is 43.8 Å². The van der Waals surface area contributed by atoms with E-state index in [9.17, 15) is 0 Å². The molecule has 0 aromatic carbocycles. The van der Waals surface area contributed by atoms with Crippen LogP contribution in [0.3, 0.4) is 0 Å². The van der Waals surface area contributed by atoms with Crippen molar-refractivity contribution in [1.29, 1.82) is 0 Å². The Kier molecular flexibility index (Phi) is 5.30. The standard InChI is InChI=1S/C11H21N3/c1-2-3-4-5-11(12)6-8-14-9-7-13-10-14/h7,9-11H,2-6,8,12H2,1H3. The van der Waals surface area contributed by atoms with Gasteiger partial charge in [-0.25, -0.2) is 4.98 Å². The Hall–Kier alpha value is -0.830. The number of hydrogen-bond acceptors (Lipinski definition) is 2. The fourth-order valence-electron chi connectivity index (χ4n) is 1.53. The highest BCUT2D eigenvalue weighted by Crippen LogP contribution is 2.05. The quantitative estimate of drug-likeness (QED) is 0.678. The lowest BCUT2D eigenvalue weighted by Gasteiger charge is -2.11. The number of rotatable bonds is 7. The highest BCUT2D eigenvalue weighted by atomic mass is 15.0. The third kappa shape index (κ3) is 4.42. The van der Waals surface area contributed by atoms with Crippen LogP contribution in [0.25, 0.3) is 0 Å². The van der Waals surface area contributed by atoms with Crippen molar-refractivity contribution in [3.05, 3.63) is 18.7 Å². The molecule has 1 atom stereocenters. The minimum atomic E-state index is 0.351. The Balaban J connectivity index is 2.06. The van der Waals surface area contributed by atoms with Gasteiger partial charge in [0.25, 0.3) is 0 Å². The average Bonchev–Trinajstić information content (AvgIpc) is 2.68. The summed E-state index contributed by atoms with van der Waals surface area (Å²) in [6.07, 6.45) is 11.7. The van der Waals surface area contributed by atoms with Crippen molar-refractivity contribution in [3.8, 4) is 0 Å². The maximum Gasteiger partial charge on any atom is 0.0945 e. The minimum Gasteiger partial charge on any atom is -0.337 e. The van der Waals surface area contributed by atoms with Gasteiger partial charge in [-0.15, -0.1) is 0 Å². The van der Waals surface area contributed by atoms with Gasteiger partial charge in [0.1, 0.15) is 0 Å². The Morgan fingerprint density at radius 2 is 2.21 bits per heavy atom. The Bertz CT molecular complexity index is 218. The molecular weight excluding hydrogens is 174 g/mol. The van der Waals surface area contributed by atoms with Crippen molar-refractivity contribution in [2.45, 2.75) is 51.6 Å². The number of aryl methyl sites for hydroxylation is 1. The molecule has 0 aliphatic heterocycles. The number of unbranched alkanes of at least 4 members (excludes halogenated alkanes) is 2. The zero-order valence-electron chi connectivity index (χ0n) is 9.02. The Morgan fingerprint density at radius 1 is 1.36 bits per heavy atom. The van der Waals surface area contributed by atoms with Crippen molar-refractivity contribution in [1.82, 2.24) is 9.55 Å². The Labute approximate surface area is 86.3 Å². The fraction of sp³-hybridized carbons (Fsp3) is 0.727. The summed E-state index contributed by atoms with van der Waals surface area (Å²) in [5.41, 5.74) is 6.00. The van der Waals surface area contributed by atoms with Crippen molar-refractivity contribution in [2.75, 3.05) is 0 Å². The number of nitrogens with zero attached hydrogens (tertiary/aromatic N) is 2. The molecule has 0 aliphatic carbocycles. The van der Waals surface area contributed by atoms with Crippen LogP contribution in [0.4, 0.5) is 0 Å². The third-order valence-electron chi connectivity index (χ3n) is 2.50. The van der Waals surface area contributed by atoms with Gasteiger partial charge >= 0.3 is 0 Å². The molecule has 1 aromatic rings. The first-order valence-corrected chi connectivity index (χ1v) is 5.54. The lowest BCUT2D eigenvalue weighted by molar-refractivity contribution is 0.491. The summed E-state index contributed by atoms with van der Waals surface area (Å²) < 4.78 is 2.08. The summed E-state index contributed by atoms with van der Waals surface area (Å²) in [6.45, 7) is 3.21. The van der Waals surface area contributed by atoms with E-state index in [0.29, 0.717) is 6.04 Å². The number of nitrogens with two attached hydrogens (primary N) is 1. The highest BCUT2D eigenvalue weighted by molar-refractivity contribution is 4.75. The first kappa shape index (κ1) is 11.2. The summed E-state index contributed by atoms with van der Waals surface area (Å²) in [5, 5.41) is 0. The molecule has 80 valence electrons. The molecule has 0 amide bonds. The molecule has 3 nitrogen and oxygen atoms in total. The molecular formula is C11H21N3. The lowest BCUT2D eigenvalue weighted by Crippen LogP contribution is -2.21. The van der Waals surface area contributed by atoms with Gasteiger partial charge in [-0.05, 0) is 12.8 Å². The van der Waals surface area contributed by atoms with Crippen molar-refractivity contribution in [3.63, 3.8) is 0 Å². The molecule has 0 saturated carbocycles. The largest absolute Gasteiger partial charge is 0.337 e. The van der Waals surface area contributed by atoms with Crippen LogP contribution in [0.15, 0.2) is 18.7 Å². The number of hydrogen-bond donors (Lipinski definition) is 1. The molecule has 1 rings (SSSR count). The van der Waals surface area contributed by atoms with E-state index < -0.39 is 0 Å². The van der Waals surface area contributed by atoms with Crippen LogP contribution < -0.4 is 5.73 Å². The first-order valence-electron chi connectivity index (χ1n) is 5.54. The van der Waals surface area contributed by atoms with E-state index in [1.165, 1.54) is 19.3 Å². The van der Waals surface area contributed by atoms with Crippen molar-refractivity contribution in [2.24, 2.45) is 5.73 Å². The van der Waals surface area contributed by atoms with E-state index in [1.54, 1.807) is 0 Å². The molecule has 3 heteroatoms. The third-order valence-corrected chi connectivity index (χ3v) is 2.50. The first-order chi connectivity index (χ1) is 6.83. The summed E-state index contributed by atoms with van der Waals surface area (Å²) in [6, 6.07) is 0.351. The molecule has 1 unspecified atom stereocenters. The average molecular weight is 195 g/mol. The van der Waals surface area contributed by atoms with Crippen LogP contribution >= 0.6 is 0 Å². The predicted octanol–water partition coefficient (Wildman–Crippen LogP) is 2.18. The molecule has 1 heterocycles. The predicted molar refractivity (Wildman–Crippen MR) is 59.0 cm³/mol. The van der Waals surface area contributed by atoms with Gasteiger partial charge in [0, 0.05) is 25.0 Å². The fourth-order valence-corrected chi connectivity index (χ4v) is 1.53. The van der Waals surface area contributed by atoms with Crippen molar-refractivity contribution >= 4 is 0 Å². The number of aromatic nitrogens is 2. The second kappa shape index (κ2) is 6.60. The monoisotopic (exact) mass is 195 g/mol. The van der Waals surface area contributed by atoms with E-state index in [4.69, 9.17) is 5.73 Å². The maximum atomic E-state index is 6.00. The van der Waals surface area contributed by atoms with Gasteiger partial charge in [-0.2, -0.15) is 0 Å². The molecule has 0 aliphatic rings. The smallest absolute Gasteiger partial charge is 0.0945 e. The zero-order valence-corrected chi connectivity index (χ0v) is 9.02. The molecule has 0 saturated heterocycles. The van der Waals surface area contributed by atoms with Crippen molar-refractivity contribution < 1.29 is 0 Å². The lowest BCUT2D eigenvalue weighted by atomic mass is 10.1. The normalized spacial score (nSPS) is 13.0. The van der Waals surface area contributed by atoms with Gasteiger partial charge in [-0.3, -0.25) is 0 Å².